The van der Waals surface area contributed by atoms with Crippen molar-refractivity contribution in [1.82, 2.24) is 10.2 Å². The van der Waals surface area contributed by atoms with Gasteiger partial charge in [-0.25, -0.2) is 4.79 Å². The molecule has 1 aliphatic heterocycles. The molecular weight excluding hydrogens is 360 g/mol. The van der Waals surface area contributed by atoms with Crippen LogP contribution in [0.15, 0.2) is 40.8 Å². The fourth-order valence-corrected chi connectivity index (χ4v) is 2.77. The van der Waals surface area contributed by atoms with Crippen molar-refractivity contribution < 1.29 is 23.4 Å². The number of ether oxygens (including phenoxy) is 3. The number of halogens is 1. The Morgan fingerprint density at radius 2 is 2.12 bits per heavy atom. The van der Waals surface area contributed by atoms with Gasteiger partial charge in [-0.15, -0.1) is 10.2 Å². The third-order valence-electron chi connectivity index (χ3n) is 3.72. The normalized spacial score (nSPS) is 12.2. The Morgan fingerprint density at radius 1 is 1.23 bits per heavy atom. The zero-order valence-corrected chi connectivity index (χ0v) is 14.4. The van der Waals surface area contributed by atoms with Crippen molar-refractivity contribution in [3.05, 3.63) is 58.4 Å². The zero-order chi connectivity index (χ0) is 18.1. The first-order valence-electron chi connectivity index (χ1n) is 7.76. The van der Waals surface area contributed by atoms with Crippen molar-refractivity contribution in [2.24, 2.45) is 0 Å². The Balaban J connectivity index is 1.45. The Hall–Kier alpha value is -3.06. The predicted octanol–water partition coefficient (Wildman–Crippen LogP) is 3.78. The minimum absolute atomic E-state index is 0.0667. The van der Waals surface area contributed by atoms with Crippen LogP contribution < -0.4 is 9.47 Å². The second-order valence-corrected chi connectivity index (χ2v) is 6.05. The maximum atomic E-state index is 12.2. The maximum Gasteiger partial charge on any atom is 0.338 e. The number of carbonyl (C=O) groups excluding carboxylic acids is 1. The van der Waals surface area contributed by atoms with Crippen LogP contribution in [-0.4, -0.2) is 23.0 Å². The molecule has 4 rings (SSSR count). The molecule has 0 aliphatic carbocycles. The van der Waals surface area contributed by atoms with E-state index in [1.165, 1.54) is 12.1 Å². The number of fused-ring (bicyclic) bond motifs is 1. The van der Waals surface area contributed by atoms with E-state index < -0.39 is 5.97 Å². The highest BCUT2D eigenvalue weighted by Gasteiger charge is 2.21. The van der Waals surface area contributed by atoms with E-state index in [9.17, 15) is 4.79 Å². The molecule has 0 atom stereocenters. The van der Waals surface area contributed by atoms with Crippen molar-refractivity contribution >= 4 is 17.6 Å². The van der Waals surface area contributed by atoms with Crippen LogP contribution in [0.2, 0.25) is 5.02 Å². The number of hydrogen-bond donors (Lipinski definition) is 0. The Labute approximate surface area is 153 Å². The average molecular weight is 373 g/mol. The number of aryl methyl sites for hydroxylation is 1. The number of nitrogens with zero attached hydrogens (tertiary/aromatic N) is 2. The average Bonchev–Trinajstić information content (AvgIpc) is 3.29. The van der Waals surface area contributed by atoms with E-state index in [1.54, 1.807) is 0 Å². The van der Waals surface area contributed by atoms with Crippen molar-refractivity contribution in [3.63, 3.8) is 0 Å². The van der Waals surface area contributed by atoms with Crippen LogP contribution >= 0.6 is 11.6 Å². The summed E-state index contributed by atoms with van der Waals surface area (Å²) in [6.45, 7) is 1.89. The van der Waals surface area contributed by atoms with Crippen LogP contribution in [-0.2, 0) is 11.3 Å². The summed E-state index contributed by atoms with van der Waals surface area (Å²) in [7, 11) is 0. The van der Waals surface area contributed by atoms with Gasteiger partial charge in [0, 0.05) is 5.56 Å². The molecule has 8 heteroatoms. The number of rotatable bonds is 4. The van der Waals surface area contributed by atoms with Crippen LogP contribution in [0.3, 0.4) is 0 Å². The summed E-state index contributed by atoms with van der Waals surface area (Å²) in [6.07, 6.45) is 0. The van der Waals surface area contributed by atoms with Gasteiger partial charge < -0.3 is 18.6 Å². The summed E-state index contributed by atoms with van der Waals surface area (Å²) in [4.78, 5) is 12.2. The van der Waals surface area contributed by atoms with Gasteiger partial charge in [0.1, 0.15) is 0 Å². The Bertz CT molecular complexity index is 985. The number of hydrogen-bond acceptors (Lipinski definition) is 7. The van der Waals surface area contributed by atoms with E-state index in [2.05, 4.69) is 10.2 Å². The van der Waals surface area contributed by atoms with Gasteiger partial charge in [0.2, 0.25) is 12.7 Å². The topological polar surface area (TPSA) is 83.7 Å². The second-order valence-electron chi connectivity index (χ2n) is 5.64. The molecule has 0 radical (unpaired) electrons. The minimum Gasteiger partial charge on any atom is -0.454 e. The lowest BCUT2D eigenvalue weighted by Gasteiger charge is -2.05. The van der Waals surface area contributed by atoms with Crippen LogP contribution in [0.1, 0.15) is 21.8 Å². The van der Waals surface area contributed by atoms with Gasteiger partial charge in [0.15, 0.2) is 18.1 Å². The number of benzene rings is 2. The molecule has 0 unspecified atom stereocenters. The van der Waals surface area contributed by atoms with E-state index in [0.717, 1.165) is 11.1 Å². The molecule has 0 saturated carbocycles. The van der Waals surface area contributed by atoms with Crippen LogP contribution in [0.5, 0.6) is 11.5 Å². The summed E-state index contributed by atoms with van der Waals surface area (Å²) >= 11 is 6.07. The summed E-state index contributed by atoms with van der Waals surface area (Å²) < 4.78 is 21.2. The van der Waals surface area contributed by atoms with E-state index in [-0.39, 0.29) is 29.9 Å². The third-order valence-corrected chi connectivity index (χ3v) is 4.00. The number of carbonyl (C=O) groups is 1. The first kappa shape index (κ1) is 16.4. The number of esters is 1. The lowest BCUT2D eigenvalue weighted by molar-refractivity contribution is 0.0438. The van der Waals surface area contributed by atoms with Gasteiger partial charge in [0.25, 0.3) is 5.89 Å². The fraction of sp³-hybridized carbons (Fsp3) is 0.167. The van der Waals surface area contributed by atoms with E-state index in [4.69, 9.17) is 30.2 Å². The number of aromatic nitrogens is 2. The van der Waals surface area contributed by atoms with Gasteiger partial charge in [-0.2, -0.15) is 0 Å². The van der Waals surface area contributed by atoms with Crippen LogP contribution in [0.25, 0.3) is 11.5 Å². The summed E-state index contributed by atoms with van der Waals surface area (Å²) in [5.41, 5.74) is 2.13. The lowest BCUT2D eigenvalue weighted by Crippen LogP contribution is -2.05. The highest BCUT2D eigenvalue weighted by Crippen LogP contribution is 2.39. The SMILES string of the molecule is Cc1cccc(-c2nnc(COC(=O)c3cc(Cl)c4c(c3)OCO4)o2)c1. The molecule has 2 aromatic carbocycles. The molecule has 0 saturated heterocycles. The summed E-state index contributed by atoms with van der Waals surface area (Å²) in [5.74, 6) is 0.806. The molecule has 0 N–H and O–H groups in total. The van der Waals surface area contributed by atoms with Gasteiger partial charge in [-0.1, -0.05) is 29.3 Å². The molecule has 1 aromatic heterocycles. The standard InChI is InChI=1S/C18H13ClN2O5/c1-10-3-2-4-11(5-10)17-21-20-15(26-17)8-23-18(22)12-6-13(19)16-14(7-12)24-9-25-16/h2-7H,8-9H2,1H3. The van der Waals surface area contributed by atoms with Crippen LogP contribution in [0.4, 0.5) is 0 Å². The molecular formula is C18H13ClN2O5. The second kappa shape index (κ2) is 6.68. The van der Waals surface area contributed by atoms with Gasteiger partial charge in [-0.3, -0.25) is 0 Å². The molecule has 3 aromatic rings. The summed E-state index contributed by atoms with van der Waals surface area (Å²) in [6, 6.07) is 10.6. The zero-order valence-electron chi connectivity index (χ0n) is 13.7. The molecule has 26 heavy (non-hydrogen) atoms. The highest BCUT2D eigenvalue weighted by molar-refractivity contribution is 6.32. The van der Waals surface area contributed by atoms with Crippen molar-refractivity contribution in [1.29, 1.82) is 0 Å². The molecule has 0 spiro atoms. The summed E-state index contributed by atoms with van der Waals surface area (Å²) in [5, 5.41) is 8.16. The third kappa shape index (κ3) is 3.21. The monoisotopic (exact) mass is 372 g/mol. The van der Waals surface area contributed by atoms with E-state index >= 15 is 0 Å². The van der Waals surface area contributed by atoms with Crippen molar-refractivity contribution in [3.8, 4) is 23.0 Å². The highest BCUT2D eigenvalue weighted by atomic mass is 35.5. The predicted molar refractivity (Wildman–Crippen MR) is 91.2 cm³/mol. The van der Waals surface area contributed by atoms with E-state index in [1.807, 2.05) is 31.2 Å². The maximum absolute atomic E-state index is 12.2. The van der Waals surface area contributed by atoms with Gasteiger partial charge in [-0.05, 0) is 31.2 Å². The molecule has 132 valence electrons. The fourth-order valence-electron chi connectivity index (χ4n) is 2.50. The molecule has 0 amide bonds. The van der Waals surface area contributed by atoms with Gasteiger partial charge >= 0.3 is 5.97 Å². The molecule has 0 fully saturated rings. The quantitative estimate of drug-likeness (QED) is 0.644. The molecule has 2 heterocycles. The molecule has 0 bridgehead atoms. The first-order valence-corrected chi connectivity index (χ1v) is 8.13. The smallest absolute Gasteiger partial charge is 0.338 e. The Kier molecular flexibility index (Phi) is 4.22. The molecule has 7 nitrogen and oxygen atoms in total. The Morgan fingerprint density at radius 3 is 2.96 bits per heavy atom. The first-order chi connectivity index (χ1) is 12.6. The largest absolute Gasteiger partial charge is 0.454 e. The van der Waals surface area contributed by atoms with Crippen molar-refractivity contribution in [2.75, 3.05) is 6.79 Å². The molecule has 1 aliphatic rings. The lowest BCUT2D eigenvalue weighted by atomic mass is 10.1. The van der Waals surface area contributed by atoms with Crippen molar-refractivity contribution in [2.45, 2.75) is 13.5 Å². The van der Waals surface area contributed by atoms with Gasteiger partial charge in [0.05, 0.1) is 10.6 Å². The van der Waals surface area contributed by atoms with Crippen LogP contribution in [0, 0.1) is 6.92 Å². The minimum atomic E-state index is -0.583. The van der Waals surface area contributed by atoms with E-state index in [0.29, 0.717) is 17.4 Å².